The molecule has 1 aromatic heterocycles. The number of aromatic amines is 1. The average molecular weight is 442 g/mol. The van der Waals surface area contributed by atoms with Crippen LogP contribution in [0, 0.1) is 0 Å². The zero-order chi connectivity index (χ0) is 20.0. The van der Waals surface area contributed by atoms with Crippen LogP contribution in [0.15, 0.2) is 97.1 Å². The van der Waals surface area contributed by atoms with Crippen LogP contribution < -0.4 is 17.7 Å². The van der Waals surface area contributed by atoms with Crippen molar-refractivity contribution in [2.24, 2.45) is 0 Å². The molecule has 3 heteroatoms. The molecule has 6 rings (SSSR count). The Morgan fingerprint density at radius 3 is 2.29 bits per heavy atom. The van der Waals surface area contributed by atoms with E-state index in [2.05, 4.69) is 102 Å². The number of para-hydroxylation sites is 1. The molecule has 0 fully saturated rings. The summed E-state index contributed by atoms with van der Waals surface area (Å²) in [6, 6.07) is 35.9. The van der Waals surface area contributed by atoms with Gasteiger partial charge in [-0.1, -0.05) is 78.9 Å². The molecule has 0 saturated heterocycles. The first-order valence-corrected chi connectivity index (χ1v) is 13.1. The summed E-state index contributed by atoms with van der Waals surface area (Å²) in [5, 5.41) is 5.77. The molecule has 1 unspecified atom stereocenters. The molecular weight excluding hydrogens is 417 g/mol. The third-order valence-electron chi connectivity index (χ3n) is 6.81. The minimum atomic E-state index is -1.39. The molecular formula is C28H25ClNP. The molecule has 0 amide bonds. The van der Waals surface area contributed by atoms with Gasteiger partial charge in [0.2, 0.25) is 0 Å². The number of rotatable bonds is 3. The summed E-state index contributed by atoms with van der Waals surface area (Å²) in [6.45, 7) is 0. The lowest BCUT2D eigenvalue weighted by Crippen LogP contribution is -3.00. The predicted octanol–water partition coefficient (Wildman–Crippen LogP) is 3.92. The number of aromatic nitrogens is 1. The molecule has 1 atom stereocenters. The van der Waals surface area contributed by atoms with Crippen molar-refractivity contribution >= 4 is 34.2 Å². The fourth-order valence-electron chi connectivity index (χ4n) is 5.30. The topological polar surface area (TPSA) is 15.8 Å². The monoisotopic (exact) mass is 441 g/mol. The molecule has 154 valence electrons. The molecule has 0 bridgehead atoms. The first-order valence-electron chi connectivity index (χ1n) is 10.8. The molecule has 1 nitrogen and oxygen atoms in total. The smallest absolute Gasteiger partial charge is 0.0946 e. The number of aryl methyl sites for hydroxylation is 1. The Kier molecular flexibility index (Phi) is 5.34. The standard InChI is InChI=1S/C28H25NP.ClH/c1-2-12-23(13-3-1)30(19-22-11-8-10-21-9-4-5-14-24(21)22)18-17-28-26(20-30)25-15-6-7-16-27(25)29-28;/h1-16,29H,17-20H2;1H/q+1;/p-1. The molecule has 1 aliphatic rings. The number of benzene rings is 4. The summed E-state index contributed by atoms with van der Waals surface area (Å²) in [5.74, 6) is 0. The van der Waals surface area contributed by atoms with E-state index in [9.17, 15) is 0 Å². The Morgan fingerprint density at radius 2 is 1.42 bits per heavy atom. The van der Waals surface area contributed by atoms with Crippen LogP contribution in [0.25, 0.3) is 21.7 Å². The highest BCUT2D eigenvalue weighted by molar-refractivity contribution is 7.81. The number of hydrogen-bond donors (Lipinski definition) is 1. The molecule has 4 aromatic carbocycles. The molecule has 0 radical (unpaired) electrons. The van der Waals surface area contributed by atoms with E-state index >= 15 is 0 Å². The zero-order valence-electron chi connectivity index (χ0n) is 17.4. The minimum Gasteiger partial charge on any atom is -1.00 e. The van der Waals surface area contributed by atoms with Gasteiger partial charge < -0.3 is 17.4 Å². The lowest BCUT2D eigenvalue weighted by molar-refractivity contribution is -0.00000591. The molecule has 5 aromatic rings. The predicted molar refractivity (Wildman–Crippen MR) is 131 cm³/mol. The van der Waals surface area contributed by atoms with Crippen molar-refractivity contribution in [2.75, 3.05) is 6.16 Å². The van der Waals surface area contributed by atoms with Gasteiger partial charge in [-0.05, 0) is 34.5 Å². The SMILES string of the molecule is [Cl-].c1ccc([P+]2(Cc3cccc4ccccc34)CCc3[nH]c4ccccc4c3C2)cc1. The zero-order valence-corrected chi connectivity index (χ0v) is 19.0. The van der Waals surface area contributed by atoms with Crippen LogP contribution in [0.5, 0.6) is 0 Å². The normalized spacial score (nSPS) is 17.9. The van der Waals surface area contributed by atoms with Crippen molar-refractivity contribution in [1.82, 2.24) is 4.98 Å². The summed E-state index contributed by atoms with van der Waals surface area (Å²) in [4.78, 5) is 3.72. The number of H-pyrrole nitrogens is 1. The largest absolute Gasteiger partial charge is 1.00 e. The maximum atomic E-state index is 3.72. The third-order valence-corrected chi connectivity index (χ3v) is 11.2. The maximum Gasteiger partial charge on any atom is 0.0946 e. The van der Waals surface area contributed by atoms with Crippen LogP contribution >= 0.6 is 7.26 Å². The first kappa shape index (κ1) is 20.3. The van der Waals surface area contributed by atoms with Gasteiger partial charge in [-0.3, -0.25) is 0 Å². The third kappa shape index (κ3) is 3.47. The highest BCUT2D eigenvalue weighted by Gasteiger charge is 2.44. The Balaban J connectivity index is 0.00000204. The van der Waals surface area contributed by atoms with Gasteiger partial charge in [0.15, 0.2) is 0 Å². The van der Waals surface area contributed by atoms with Gasteiger partial charge in [0.1, 0.15) is 0 Å². The van der Waals surface area contributed by atoms with E-state index < -0.39 is 7.26 Å². The number of hydrogen-bond acceptors (Lipinski definition) is 0. The summed E-state index contributed by atoms with van der Waals surface area (Å²) in [7, 11) is -1.39. The second-order valence-electron chi connectivity index (χ2n) is 8.54. The van der Waals surface area contributed by atoms with Gasteiger partial charge >= 0.3 is 0 Å². The highest BCUT2D eigenvalue weighted by Crippen LogP contribution is 2.66. The van der Waals surface area contributed by atoms with Crippen molar-refractivity contribution in [3.05, 3.63) is 114 Å². The van der Waals surface area contributed by atoms with Crippen molar-refractivity contribution < 1.29 is 12.4 Å². The van der Waals surface area contributed by atoms with Crippen LogP contribution in [0.3, 0.4) is 0 Å². The van der Waals surface area contributed by atoms with Crippen LogP contribution in [0.1, 0.15) is 16.8 Å². The van der Waals surface area contributed by atoms with Crippen LogP contribution in [0.4, 0.5) is 0 Å². The van der Waals surface area contributed by atoms with Gasteiger partial charge in [-0.25, -0.2) is 0 Å². The maximum absolute atomic E-state index is 3.72. The second-order valence-corrected chi connectivity index (χ2v) is 12.4. The fourth-order valence-corrected chi connectivity index (χ4v) is 9.71. The summed E-state index contributed by atoms with van der Waals surface area (Å²) in [5.41, 5.74) is 5.82. The summed E-state index contributed by atoms with van der Waals surface area (Å²) >= 11 is 0. The number of fused-ring (bicyclic) bond motifs is 4. The van der Waals surface area contributed by atoms with E-state index in [0.717, 1.165) is 6.42 Å². The van der Waals surface area contributed by atoms with E-state index in [1.807, 2.05) is 0 Å². The fraction of sp³-hybridized carbons (Fsp3) is 0.143. The molecule has 0 saturated carbocycles. The van der Waals surface area contributed by atoms with E-state index in [-0.39, 0.29) is 12.4 Å². The van der Waals surface area contributed by atoms with E-state index in [1.54, 1.807) is 10.9 Å². The molecule has 31 heavy (non-hydrogen) atoms. The summed E-state index contributed by atoms with van der Waals surface area (Å²) < 4.78 is 0. The second kappa shape index (κ2) is 8.15. The van der Waals surface area contributed by atoms with Crippen molar-refractivity contribution in [3.63, 3.8) is 0 Å². The Morgan fingerprint density at radius 1 is 0.710 bits per heavy atom. The molecule has 1 aliphatic heterocycles. The molecule has 0 aliphatic carbocycles. The van der Waals surface area contributed by atoms with Crippen LogP contribution in [0.2, 0.25) is 0 Å². The Bertz CT molecular complexity index is 1350. The van der Waals surface area contributed by atoms with Crippen molar-refractivity contribution in [2.45, 2.75) is 18.7 Å². The van der Waals surface area contributed by atoms with E-state index in [4.69, 9.17) is 0 Å². The number of halogens is 1. The van der Waals surface area contributed by atoms with Gasteiger partial charge in [0, 0.05) is 28.6 Å². The van der Waals surface area contributed by atoms with Crippen molar-refractivity contribution in [3.8, 4) is 0 Å². The lowest BCUT2D eigenvalue weighted by Gasteiger charge is -2.31. The van der Waals surface area contributed by atoms with Crippen LogP contribution in [-0.2, 0) is 18.7 Å². The quantitative estimate of drug-likeness (QED) is 0.408. The van der Waals surface area contributed by atoms with E-state index in [0.29, 0.717) is 0 Å². The van der Waals surface area contributed by atoms with Gasteiger partial charge in [0.25, 0.3) is 0 Å². The Labute approximate surface area is 190 Å². The Hall–Kier alpha value is -2.60. The van der Waals surface area contributed by atoms with Gasteiger partial charge in [-0.2, -0.15) is 0 Å². The molecule has 2 heterocycles. The lowest BCUT2D eigenvalue weighted by atomic mass is 10.1. The van der Waals surface area contributed by atoms with E-state index in [1.165, 1.54) is 51.4 Å². The minimum absolute atomic E-state index is 0. The molecule has 0 spiro atoms. The number of nitrogens with one attached hydrogen (secondary N) is 1. The average Bonchev–Trinajstić information content (AvgIpc) is 3.18. The van der Waals surface area contributed by atoms with Gasteiger partial charge in [0.05, 0.1) is 31.1 Å². The first-order chi connectivity index (χ1) is 14.8. The summed E-state index contributed by atoms with van der Waals surface area (Å²) in [6.07, 6.45) is 4.80. The van der Waals surface area contributed by atoms with Crippen molar-refractivity contribution in [1.29, 1.82) is 0 Å². The highest BCUT2D eigenvalue weighted by atomic mass is 35.5. The van der Waals surface area contributed by atoms with Crippen LogP contribution in [-0.4, -0.2) is 11.1 Å². The van der Waals surface area contributed by atoms with Gasteiger partial charge in [-0.15, -0.1) is 0 Å². The molecule has 1 N–H and O–H groups in total.